The van der Waals surface area contributed by atoms with Gasteiger partial charge in [-0.1, -0.05) is 66.8 Å². The van der Waals surface area contributed by atoms with E-state index >= 15 is 0 Å². The summed E-state index contributed by atoms with van der Waals surface area (Å²) in [5.74, 6) is 0. The lowest BCUT2D eigenvalue weighted by Gasteiger charge is -2.11. The number of hydrogen-bond acceptors (Lipinski definition) is 3. The molecule has 0 fully saturated rings. The average Bonchev–Trinajstić information content (AvgIpc) is 2.64. The van der Waals surface area contributed by atoms with Crippen molar-refractivity contribution in [1.29, 1.82) is 0 Å². The standard InChI is InChI=1S/C17H16N2S/c1-18-17-15(20)11-13-9-5-6-10-14(13)16(19-17)12-7-3-2-4-8-12/h2-10,17-18H,11H2,1H3. The Morgan fingerprint density at radius 3 is 2.50 bits per heavy atom. The van der Waals surface area contributed by atoms with Crippen LogP contribution in [0.4, 0.5) is 0 Å². The molecule has 2 aromatic rings. The summed E-state index contributed by atoms with van der Waals surface area (Å²) >= 11 is 5.52. The van der Waals surface area contributed by atoms with Crippen LogP contribution in [0.1, 0.15) is 16.7 Å². The van der Waals surface area contributed by atoms with Gasteiger partial charge in [-0.25, -0.2) is 0 Å². The zero-order valence-electron chi connectivity index (χ0n) is 11.3. The first-order valence-corrected chi connectivity index (χ1v) is 7.12. The minimum atomic E-state index is -0.104. The van der Waals surface area contributed by atoms with Crippen molar-refractivity contribution in [3.63, 3.8) is 0 Å². The first kappa shape index (κ1) is 13.2. The largest absolute Gasteiger partial charge is 0.295 e. The van der Waals surface area contributed by atoms with Crippen LogP contribution in [0.2, 0.25) is 0 Å². The van der Waals surface area contributed by atoms with Crippen molar-refractivity contribution < 1.29 is 0 Å². The van der Waals surface area contributed by atoms with Crippen LogP contribution in [-0.4, -0.2) is 23.8 Å². The van der Waals surface area contributed by atoms with E-state index in [0.717, 1.165) is 22.6 Å². The maximum Gasteiger partial charge on any atom is 0.132 e. The van der Waals surface area contributed by atoms with Crippen LogP contribution < -0.4 is 5.32 Å². The Kier molecular flexibility index (Phi) is 3.72. The summed E-state index contributed by atoms with van der Waals surface area (Å²) in [4.78, 5) is 5.79. The van der Waals surface area contributed by atoms with E-state index in [1.807, 2.05) is 25.2 Å². The van der Waals surface area contributed by atoms with E-state index in [-0.39, 0.29) is 6.17 Å². The van der Waals surface area contributed by atoms with Gasteiger partial charge in [-0.05, 0) is 12.6 Å². The second-order valence-electron chi connectivity index (χ2n) is 4.84. The molecule has 3 rings (SSSR count). The summed E-state index contributed by atoms with van der Waals surface area (Å²) in [6.07, 6.45) is 0.684. The number of fused-ring (bicyclic) bond motifs is 1. The lowest BCUT2D eigenvalue weighted by Crippen LogP contribution is -2.31. The predicted octanol–water partition coefficient (Wildman–Crippen LogP) is 3.00. The Morgan fingerprint density at radius 2 is 1.75 bits per heavy atom. The highest BCUT2D eigenvalue weighted by Gasteiger charge is 2.21. The molecule has 1 aliphatic rings. The Balaban J connectivity index is 2.20. The number of aliphatic imine (C=N–C) groups is 1. The first-order valence-electron chi connectivity index (χ1n) is 6.71. The molecule has 2 aromatic carbocycles. The van der Waals surface area contributed by atoms with Crippen molar-refractivity contribution in [1.82, 2.24) is 5.32 Å². The summed E-state index contributed by atoms with van der Waals surface area (Å²) in [6, 6.07) is 18.7. The molecule has 0 radical (unpaired) electrons. The monoisotopic (exact) mass is 280 g/mol. The van der Waals surface area contributed by atoms with Crippen molar-refractivity contribution in [3.05, 3.63) is 71.3 Å². The second-order valence-corrected chi connectivity index (χ2v) is 5.36. The third kappa shape index (κ3) is 2.42. The van der Waals surface area contributed by atoms with E-state index in [2.05, 4.69) is 41.7 Å². The van der Waals surface area contributed by atoms with Crippen molar-refractivity contribution in [2.75, 3.05) is 7.05 Å². The number of thiocarbonyl (C=S) groups is 1. The Labute approximate surface area is 124 Å². The summed E-state index contributed by atoms with van der Waals surface area (Å²) in [5, 5.41) is 3.20. The first-order chi connectivity index (χ1) is 9.79. The molecular formula is C17H16N2S. The maximum absolute atomic E-state index is 5.52. The molecule has 0 spiro atoms. The Bertz CT molecular complexity index is 662. The van der Waals surface area contributed by atoms with Gasteiger partial charge < -0.3 is 0 Å². The molecule has 0 saturated heterocycles. The summed E-state index contributed by atoms with van der Waals surface area (Å²) in [6.45, 7) is 0. The fourth-order valence-corrected chi connectivity index (χ4v) is 2.84. The second kappa shape index (κ2) is 5.65. The van der Waals surface area contributed by atoms with Crippen LogP contribution in [0.3, 0.4) is 0 Å². The number of nitrogens with zero attached hydrogens (tertiary/aromatic N) is 1. The van der Waals surface area contributed by atoms with E-state index in [0.29, 0.717) is 0 Å². The molecule has 1 N–H and O–H groups in total. The molecule has 0 saturated carbocycles. The molecule has 100 valence electrons. The van der Waals surface area contributed by atoms with E-state index < -0.39 is 0 Å². The van der Waals surface area contributed by atoms with Gasteiger partial charge in [0.25, 0.3) is 0 Å². The molecule has 1 unspecified atom stereocenters. The number of rotatable bonds is 2. The number of hydrogen-bond donors (Lipinski definition) is 1. The summed E-state index contributed by atoms with van der Waals surface area (Å²) < 4.78 is 0. The van der Waals surface area contributed by atoms with Crippen LogP contribution in [0, 0.1) is 0 Å². The fraction of sp³-hybridized carbons (Fsp3) is 0.176. The third-order valence-corrected chi connectivity index (χ3v) is 3.89. The zero-order chi connectivity index (χ0) is 13.9. The third-order valence-electron chi connectivity index (χ3n) is 3.52. The Morgan fingerprint density at radius 1 is 1.05 bits per heavy atom. The van der Waals surface area contributed by atoms with Crippen LogP contribution in [0.25, 0.3) is 0 Å². The molecule has 0 bridgehead atoms. The smallest absolute Gasteiger partial charge is 0.132 e. The van der Waals surface area contributed by atoms with Gasteiger partial charge in [-0.2, -0.15) is 0 Å². The lowest BCUT2D eigenvalue weighted by atomic mass is 9.96. The minimum Gasteiger partial charge on any atom is -0.295 e. The van der Waals surface area contributed by atoms with Gasteiger partial charge in [0.05, 0.1) is 5.71 Å². The molecule has 3 heteroatoms. The van der Waals surface area contributed by atoms with Crippen molar-refractivity contribution in [3.8, 4) is 0 Å². The van der Waals surface area contributed by atoms with Gasteiger partial charge in [0, 0.05) is 22.4 Å². The highest BCUT2D eigenvalue weighted by Crippen LogP contribution is 2.21. The van der Waals surface area contributed by atoms with Gasteiger partial charge in [0.2, 0.25) is 0 Å². The molecule has 0 aromatic heterocycles. The molecule has 1 aliphatic heterocycles. The average molecular weight is 280 g/mol. The van der Waals surface area contributed by atoms with Crippen molar-refractivity contribution in [2.45, 2.75) is 12.6 Å². The molecule has 1 atom stereocenters. The summed E-state index contributed by atoms with van der Waals surface area (Å²) in [7, 11) is 1.90. The van der Waals surface area contributed by atoms with E-state index in [9.17, 15) is 0 Å². The van der Waals surface area contributed by atoms with Gasteiger partial charge in [-0.15, -0.1) is 0 Å². The predicted molar refractivity (Wildman–Crippen MR) is 87.7 cm³/mol. The normalized spacial score (nSPS) is 18.1. The van der Waals surface area contributed by atoms with Crippen molar-refractivity contribution >= 4 is 22.8 Å². The highest BCUT2D eigenvalue weighted by atomic mass is 32.1. The lowest BCUT2D eigenvalue weighted by molar-refractivity contribution is 0.737. The fourth-order valence-electron chi connectivity index (χ4n) is 2.51. The quantitative estimate of drug-likeness (QED) is 0.855. The van der Waals surface area contributed by atoms with Crippen LogP contribution in [0.5, 0.6) is 0 Å². The zero-order valence-corrected chi connectivity index (χ0v) is 12.2. The van der Waals surface area contributed by atoms with E-state index in [4.69, 9.17) is 17.2 Å². The molecule has 1 heterocycles. The number of nitrogens with one attached hydrogen (secondary N) is 1. The van der Waals surface area contributed by atoms with Gasteiger partial charge >= 0.3 is 0 Å². The minimum absolute atomic E-state index is 0.104. The van der Waals surface area contributed by atoms with Crippen LogP contribution in [0.15, 0.2) is 59.6 Å². The van der Waals surface area contributed by atoms with Crippen LogP contribution in [-0.2, 0) is 6.42 Å². The molecule has 0 amide bonds. The van der Waals surface area contributed by atoms with E-state index in [1.165, 1.54) is 11.1 Å². The Hall–Kier alpha value is -1.84. The molecule has 2 nitrogen and oxygen atoms in total. The van der Waals surface area contributed by atoms with E-state index in [1.54, 1.807) is 0 Å². The summed E-state index contributed by atoms with van der Waals surface area (Å²) in [5.41, 5.74) is 4.57. The molecular weight excluding hydrogens is 264 g/mol. The number of benzene rings is 2. The van der Waals surface area contributed by atoms with Gasteiger partial charge in [0.15, 0.2) is 0 Å². The highest BCUT2D eigenvalue weighted by molar-refractivity contribution is 7.80. The van der Waals surface area contributed by atoms with Gasteiger partial charge in [-0.3, -0.25) is 10.3 Å². The van der Waals surface area contributed by atoms with Crippen LogP contribution >= 0.6 is 12.2 Å². The maximum atomic E-state index is 5.52. The topological polar surface area (TPSA) is 24.4 Å². The SMILES string of the molecule is CNC1N=C(c2ccccc2)c2ccccc2CC1=S. The van der Waals surface area contributed by atoms with Crippen molar-refractivity contribution in [2.24, 2.45) is 4.99 Å². The molecule has 20 heavy (non-hydrogen) atoms. The van der Waals surface area contributed by atoms with Gasteiger partial charge in [0.1, 0.15) is 6.17 Å². The molecule has 0 aliphatic carbocycles.